The van der Waals surface area contributed by atoms with Crippen LogP contribution in [0.25, 0.3) is 0 Å². The van der Waals surface area contributed by atoms with Gasteiger partial charge >= 0.3 is 5.97 Å². The Bertz CT molecular complexity index is 404. The van der Waals surface area contributed by atoms with Crippen LogP contribution in [0.2, 0.25) is 0 Å². The number of benzene rings is 1. The van der Waals surface area contributed by atoms with Gasteiger partial charge in [0.2, 0.25) is 0 Å². The Morgan fingerprint density at radius 1 is 1.07 bits per heavy atom. The molecular formula is C8H3F4IO2. The van der Waals surface area contributed by atoms with Crippen LogP contribution in [0.3, 0.4) is 0 Å². The van der Waals surface area contributed by atoms with Gasteiger partial charge < -0.3 is 5.11 Å². The lowest BCUT2D eigenvalue weighted by atomic mass is 10.1. The number of hydrogen-bond donors (Lipinski definition) is 1. The molecule has 0 aromatic heterocycles. The predicted octanol–water partition coefficient (Wildman–Crippen LogP) is 2.88. The Balaban J connectivity index is 3.66. The fourth-order valence-electron chi connectivity index (χ4n) is 0.982. The molecule has 0 atom stereocenters. The van der Waals surface area contributed by atoms with Crippen LogP contribution in [0.5, 0.6) is 0 Å². The van der Waals surface area contributed by atoms with E-state index in [1.165, 1.54) is 22.6 Å². The van der Waals surface area contributed by atoms with Crippen LogP contribution in [0.15, 0.2) is 0 Å². The topological polar surface area (TPSA) is 37.3 Å². The summed E-state index contributed by atoms with van der Waals surface area (Å²) in [7, 11) is 0. The van der Waals surface area contributed by atoms with Gasteiger partial charge in [-0.1, -0.05) is 22.6 Å². The van der Waals surface area contributed by atoms with E-state index >= 15 is 0 Å². The van der Waals surface area contributed by atoms with Gasteiger partial charge in [0.05, 0.1) is 0 Å². The van der Waals surface area contributed by atoms with Crippen LogP contribution in [0, 0.1) is 23.3 Å². The van der Waals surface area contributed by atoms with Crippen molar-refractivity contribution in [1.29, 1.82) is 0 Å². The largest absolute Gasteiger partial charge is 0.477 e. The average Bonchev–Trinajstić information content (AvgIpc) is 2.16. The molecule has 2 nitrogen and oxygen atoms in total. The first kappa shape index (κ1) is 12.2. The van der Waals surface area contributed by atoms with Gasteiger partial charge in [-0.3, -0.25) is 0 Å². The number of alkyl halides is 1. The molecule has 0 unspecified atom stereocenters. The van der Waals surface area contributed by atoms with E-state index in [4.69, 9.17) is 5.11 Å². The Hall–Kier alpha value is -0.860. The first-order valence-electron chi connectivity index (χ1n) is 3.55. The maximum Gasteiger partial charge on any atom is 0.341 e. The van der Waals surface area contributed by atoms with Crippen molar-refractivity contribution >= 4 is 28.6 Å². The zero-order valence-electron chi connectivity index (χ0n) is 6.95. The maximum atomic E-state index is 13.0. The molecule has 0 saturated carbocycles. The lowest BCUT2D eigenvalue weighted by Crippen LogP contribution is -2.12. The zero-order chi connectivity index (χ0) is 11.7. The minimum Gasteiger partial charge on any atom is -0.477 e. The molecule has 7 heteroatoms. The van der Waals surface area contributed by atoms with Gasteiger partial charge in [-0.05, 0) is 0 Å². The van der Waals surface area contributed by atoms with Gasteiger partial charge in [0.25, 0.3) is 0 Å². The quantitative estimate of drug-likeness (QED) is 0.391. The van der Waals surface area contributed by atoms with Gasteiger partial charge in [-0.15, -0.1) is 0 Å². The Morgan fingerprint density at radius 2 is 1.47 bits per heavy atom. The summed E-state index contributed by atoms with van der Waals surface area (Å²) in [4.78, 5) is 10.3. The Morgan fingerprint density at radius 3 is 1.73 bits per heavy atom. The predicted molar refractivity (Wildman–Crippen MR) is 51.0 cm³/mol. The summed E-state index contributed by atoms with van der Waals surface area (Å²) in [5.41, 5.74) is -2.42. The molecule has 15 heavy (non-hydrogen) atoms. The first-order chi connectivity index (χ1) is 6.91. The molecule has 0 radical (unpaired) electrons. The SMILES string of the molecule is O=C(O)c1c(F)c(F)c(CI)c(F)c1F. The monoisotopic (exact) mass is 334 g/mol. The lowest BCUT2D eigenvalue weighted by Gasteiger charge is -2.06. The van der Waals surface area contributed by atoms with Gasteiger partial charge in [0.1, 0.15) is 5.56 Å². The van der Waals surface area contributed by atoms with Crippen molar-refractivity contribution in [2.75, 3.05) is 0 Å². The molecule has 0 saturated heterocycles. The van der Waals surface area contributed by atoms with Crippen molar-refractivity contribution in [2.45, 2.75) is 4.43 Å². The van der Waals surface area contributed by atoms with Crippen molar-refractivity contribution in [3.8, 4) is 0 Å². The zero-order valence-corrected chi connectivity index (χ0v) is 9.11. The van der Waals surface area contributed by atoms with E-state index in [-0.39, 0.29) is 4.43 Å². The van der Waals surface area contributed by atoms with Gasteiger partial charge in [0, 0.05) is 9.99 Å². The molecule has 82 valence electrons. The normalized spacial score (nSPS) is 10.5. The van der Waals surface area contributed by atoms with Crippen molar-refractivity contribution in [1.82, 2.24) is 0 Å². The second-order valence-corrected chi connectivity index (χ2v) is 3.31. The van der Waals surface area contributed by atoms with Crippen molar-refractivity contribution < 1.29 is 27.5 Å². The van der Waals surface area contributed by atoms with E-state index in [1.807, 2.05) is 0 Å². The molecule has 0 heterocycles. The Labute approximate surface area is 95.0 Å². The van der Waals surface area contributed by atoms with Gasteiger partial charge in [0.15, 0.2) is 23.3 Å². The fourth-order valence-corrected chi connectivity index (χ4v) is 1.65. The molecule has 0 aliphatic heterocycles. The van der Waals surface area contributed by atoms with Crippen LogP contribution in [0.4, 0.5) is 17.6 Å². The van der Waals surface area contributed by atoms with E-state index in [9.17, 15) is 22.4 Å². The molecule has 1 rings (SSSR count). The summed E-state index contributed by atoms with van der Waals surface area (Å²) in [5.74, 6) is -9.15. The second kappa shape index (κ2) is 4.33. The molecule has 0 aliphatic carbocycles. The molecule has 1 aromatic carbocycles. The summed E-state index contributed by atoms with van der Waals surface area (Å²) in [5, 5.41) is 8.34. The van der Waals surface area contributed by atoms with E-state index in [2.05, 4.69) is 0 Å². The number of rotatable bonds is 2. The van der Waals surface area contributed by atoms with Crippen LogP contribution in [-0.4, -0.2) is 11.1 Å². The number of carboxylic acids is 1. The first-order valence-corrected chi connectivity index (χ1v) is 5.08. The Kier molecular flexibility index (Phi) is 3.53. The molecule has 0 amide bonds. The summed E-state index contributed by atoms with van der Waals surface area (Å²) < 4.78 is 51.7. The highest BCUT2D eigenvalue weighted by Gasteiger charge is 2.28. The summed E-state index contributed by atoms with van der Waals surface area (Å²) in [6, 6.07) is 0. The molecular weight excluding hydrogens is 331 g/mol. The highest BCUT2D eigenvalue weighted by atomic mass is 127. The third-order valence-electron chi connectivity index (χ3n) is 1.70. The van der Waals surface area contributed by atoms with E-state index in [1.54, 1.807) is 0 Å². The number of aromatic carboxylic acids is 1. The molecule has 0 fully saturated rings. The third-order valence-corrected chi connectivity index (χ3v) is 2.46. The number of carbonyl (C=O) groups is 1. The fraction of sp³-hybridized carbons (Fsp3) is 0.125. The molecule has 1 aromatic rings. The number of carboxylic acid groups (broad SMARTS) is 1. The molecule has 0 bridgehead atoms. The van der Waals surface area contributed by atoms with Crippen LogP contribution >= 0.6 is 22.6 Å². The van der Waals surface area contributed by atoms with Gasteiger partial charge in [-0.25, -0.2) is 22.4 Å². The highest BCUT2D eigenvalue weighted by molar-refractivity contribution is 14.1. The van der Waals surface area contributed by atoms with E-state index in [0.717, 1.165) is 0 Å². The van der Waals surface area contributed by atoms with E-state index < -0.39 is 40.4 Å². The standard InChI is InChI=1S/C8H3F4IO2/c9-4-2(1-13)5(10)7(12)3(6(4)11)8(14)15/h1H2,(H,14,15). The number of halogens is 5. The maximum absolute atomic E-state index is 13.0. The van der Waals surface area contributed by atoms with Crippen molar-refractivity contribution in [2.24, 2.45) is 0 Å². The van der Waals surface area contributed by atoms with Crippen molar-refractivity contribution in [3.05, 3.63) is 34.4 Å². The number of hydrogen-bond acceptors (Lipinski definition) is 1. The smallest absolute Gasteiger partial charge is 0.341 e. The lowest BCUT2D eigenvalue weighted by molar-refractivity contribution is 0.0683. The average molecular weight is 334 g/mol. The highest BCUT2D eigenvalue weighted by Crippen LogP contribution is 2.25. The minimum atomic E-state index is -2.05. The van der Waals surface area contributed by atoms with Gasteiger partial charge in [-0.2, -0.15) is 0 Å². The van der Waals surface area contributed by atoms with Crippen LogP contribution in [-0.2, 0) is 4.43 Å². The summed E-state index contributed by atoms with van der Waals surface area (Å²) in [6.07, 6.45) is 0. The summed E-state index contributed by atoms with van der Waals surface area (Å²) in [6.45, 7) is 0. The molecule has 0 aliphatic rings. The van der Waals surface area contributed by atoms with Crippen LogP contribution < -0.4 is 0 Å². The van der Waals surface area contributed by atoms with Crippen LogP contribution in [0.1, 0.15) is 15.9 Å². The molecule has 1 N–H and O–H groups in total. The summed E-state index contributed by atoms with van der Waals surface area (Å²) >= 11 is 1.51. The minimum absolute atomic E-state index is 0.302. The third kappa shape index (κ3) is 1.92. The molecule has 0 spiro atoms. The second-order valence-electron chi connectivity index (χ2n) is 2.55. The van der Waals surface area contributed by atoms with E-state index in [0.29, 0.717) is 0 Å². The van der Waals surface area contributed by atoms with Crippen molar-refractivity contribution in [3.63, 3.8) is 0 Å².